The van der Waals surface area contributed by atoms with Crippen molar-refractivity contribution in [2.75, 3.05) is 6.61 Å². The van der Waals surface area contributed by atoms with E-state index in [9.17, 15) is 13.2 Å². The normalized spacial score (nSPS) is 21.1. The van der Waals surface area contributed by atoms with Crippen LogP contribution >= 0.6 is 12.2 Å². The minimum atomic E-state index is -2.64. The molecule has 0 heterocycles. The predicted molar refractivity (Wildman–Crippen MR) is 62.3 cm³/mol. The standard InChI is InChI=1S/C12H11F3OS/c1-7(17)8-2-3-10(13)11(4-8)16-6-9-5-12(9,14)15/h2-4,9H,5-6H2,1H3. The van der Waals surface area contributed by atoms with E-state index in [1.807, 2.05) is 0 Å². The molecular weight excluding hydrogens is 249 g/mol. The predicted octanol–water partition coefficient (Wildman–Crippen LogP) is 3.60. The molecule has 0 aromatic heterocycles. The summed E-state index contributed by atoms with van der Waals surface area (Å²) in [5.41, 5.74) is 0.666. The molecule has 1 aromatic rings. The van der Waals surface area contributed by atoms with Gasteiger partial charge in [-0.05, 0) is 24.6 Å². The zero-order valence-corrected chi connectivity index (χ0v) is 9.99. The molecule has 0 bridgehead atoms. The van der Waals surface area contributed by atoms with Crippen molar-refractivity contribution in [1.29, 1.82) is 0 Å². The molecule has 1 unspecified atom stereocenters. The number of rotatable bonds is 4. The van der Waals surface area contributed by atoms with Gasteiger partial charge in [0.1, 0.15) is 0 Å². The monoisotopic (exact) mass is 260 g/mol. The van der Waals surface area contributed by atoms with Crippen LogP contribution in [0.4, 0.5) is 13.2 Å². The number of thiocarbonyl (C=S) groups is 1. The quantitative estimate of drug-likeness (QED) is 0.604. The van der Waals surface area contributed by atoms with Crippen molar-refractivity contribution >= 4 is 17.1 Å². The molecule has 0 saturated heterocycles. The Balaban J connectivity index is 2.04. The van der Waals surface area contributed by atoms with Gasteiger partial charge in [-0.15, -0.1) is 0 Å². The van der Waals surface area contributed by atoms with Gasteiger partial charge in [0.05, 0.1) is 12.5 Å². The molecule has 5 heteroatoms. The fourth-order valence-corrected chi connectivity index (χ4v) is 1.60. The van der Waals surface area contributed by atoms with Crippen LogP contribution in [0.25, 0.3) is 0 Å². The van der Waals surface area contributed by atoms with Gasteiger partial charge in [-0.25, -0.2) is 13.2 Å². The number of hydrogen-bond acceptors (Lipinski definition) is 2. The maximum atomic E-state index is 13.3. The number of hydrogen-bond donors (Lipinski definition) is 0. The molecule has 1 atom stereocenters. The van der Waals surface area contributed by atoms with Crippen molar-refractivity contribution in [2.24, 2.45) is 5.92 Å². The lowest BCUT2D eigenvalue weighted by atomic mass is 10.1. The molecule has 1 aromatic carbocycles. The van der Waals surface area contributed by atoms with E-state index in [1.54, 1.807) is 6.92 Å². The third kappa shape index (κ3) is 2.77. The lowest BCUT2D eigenvalue weighted by Crippen LogP contribution is -2.07. The van der Waals surface area contributed by atoms with Crippen LogP contribution in [0.2, 0.25) is 0 Å². The molecule has 1 saturated carbocycles. The Morgan fingerprint density at radius 2 is 2.18 bits per heavy atom. The van der Waals surface area contributed by atoms with Crippen LogP contribution in [-0.4, -0.2) is 17.4 Å². The third-order valence-corrected chi connectivity index (χ3v) is 2.97. The van der Waals surface area contributed by atoms with E-state index < -0.39 is 17.7 Å². The van der Waals surface area contributed by atoms with Gasteiger partial charge in [0, 0.05) is 11.3 Å². The Morgan fingerprint density at radius 1 is 1.53 bits per heavy atom. The van der Waals surface area contributed by atoms with E-state index in [0.29, 0.717) is 10.4 Å². The molecule has 0 amide bonds. The summed E-state index contributed by atoms with van der Waals surface area (Å²) in [5.74, 6) is -4.02. The molecule has 0 aliphatic heterocycles. The molecule has 2 rings (SSSR count). The highest BCUT2D eigenvalue weighted by atomic mass is 32.1. The fraction of sp³-hybridized carbons (Fsp3) is 0.417. The Morgan fingerprint density at radius 3 is 2.71 bits per heavy atom. The van der Waals surface area contributed by atoms with Crippen molar-refractivity contribution < 1.29 is 17.9 Å². The maximum absolute atomic E-state index is 13.3. The lowest BCUT2D eigenvalue weighted by molar-refractivity contribution is 0.0850. The average molecular weight is 260 g/mol. The molecule has 92 valence electrons. The lowest BCUT2D eigenvalue weighted by Gasteiger charge is -2.08. The first kappa shape index (κ1) is 12.4. The van der Waals surface area contributed by atoms with Gasteiger partial charge < -0.3 is 4.74 Å². The van der Waals surface area contributed by atoms with E-state index in [0.717, 1.165) is 0 Å². The zero-order chi connectivity index (χ0) is 12.6. The van der Waals surface area contributed by atoms with Crippen molar-refractivity contribution in [3.63, 3.8) is 0 Å². The van der Waals surface area contributed by atoms with E-state index >= 15 is 0 Å². The van der Waals surface area contributed by atoms with Gasteiger partial charge in [-0.1, -0.05) is 18.3 Å². The second-order valence-corrected chi connectivity index (χ2v) is 4.79. The molecule has 1 aliphatic carbocycles. The van der Waals surface area contributed by atoms with Gasteiger partial charge >= 0.3 is 0 Å². The minimum absolute atomic E-state index is 0.0191. The summed E-state index contributed by atoms with van der Waals surface area (Å²) in [7, 11) is 0. The van der Waals surface area contributed by atoms with Crippen LogP contribution in [0.1, 0.15) is 18.9 Å². The first-order chi connectivity index (χ1) is 7.90. The maximum Gasteiger partial charge on any atom is 0.255 e. The summed E-state index contributed by atoms with van der Waals surface area (Å²) in [4.78, 5) is 0.603. The highest BCUT2D eigenvalue weighted by Gasteiger charge is 2.57. The van der Waals surface area contributed by atoms with Crippen LogP contribution in [0.3, 0.4) is 0 Å². The first-order valence-electron chi connectivity index (χ1n) is 5.21. The summed E-state index contributed by atoms with van der Waals surface area (Å²) >= 11 is 4.95. The molecule has 1 aliphatic rings. The Labute approximate surface area is 103 Å². The Kier molecular flexibility index (Phi) is 3.12. The Hall–Kier alpha value is -1.10. The summed E-state index contributed by atoms with van der Waals surface area (Å²) in [5, 5.41) is 0. The van der Waals surface area contributed by atoms with Crippen LogP contribution in [0.5, 0.6) is 5.75 Å². The fourth-order valence-electron chi connectivity index (χ4n) is 1.47. The largest absolute Gasteiger partial charge is 0.490 e. The summed E-state index contributed by atoms with van der Waals surface area (Å²) in [6.07, 6.45) is -0.180. The van der Waals surface area contributed by atoms with E-state index in [2.05, 4.69) is 0 Å². The average Bonchev–Trinajstić information content (AvgIpc) is 2.85. The minimum Gasteiger partial charge on any atom is -0.490 e. The summed E-state index contributed by atoms with van der Waals surface area (Å²) in [6.45, 7) is 1.55. The number of alkyl halides is 2. The van der Waals surface area contributed by atoms with Crippen LogP contribution in [0.15, 0.2) is 18.2 Å². The number of halogens is 3. The van der Waals surface area contributed by atoms with Crippen molar-refractivity contribution in [1.82, 2.24) is 0 Å². The molecular formula is C12H11F3OS. The second-order valence-electron chi connectivity index (χ2n) is 4.17. The topological polar surface area (TPSA) is 9.23 Å². The SMILES string of the molecule is CC(=S)c1ccc(F)c(OCC2CC2(F)F)c1. The number of ether oxygens (including phenoxy) is 1. The van der Waals surface area contributed by atoms with Gasteiger partial charge in [0.25, 0.3) is 5.92 Å². The van der Waals surface area contributed by atoms with Gasteiger partial charge in [0.2, 0.25) is 0 Å². The summed E-state index contributed by atoms with van der Waals surface area (Å²) in [6, 6.07) is 4.21. The van der Waals surface area contributed by atoms with Crippen molar-refractivity contribution in [3.05, 3.63) is 29.6 Å². The molecule has 0 radical (unpaired) electrons. The number of benzene rings is 1. The third-order valence-electron chi connectivity index (χ3n) is 2.73. The smallest absolute Gasteiger partial charge is 0.255 e. The second kappa shape index (κ2) is 4.29. The van der Waals surface area contributed by atoms with Crippen LogP contribution < -0.4 is 4.74 Å². The van der Waals surface area contributed by atoms with E-state index in [1.165, 1.54) is 18.2 Å². The zero-order valence-electron chi connectivity index (χ0n) is 9.17. The molecule has 1 nitrogen and oxygen atoms in total. The van der Waals surface area contributed by atoms with E-state index in [4.69, 9.17) is 17.0 Å². The summed E-state index contributed by atoms with van der Waals surface area (Å²) < 4.78 is 43.6. The van der Waals surface area contributed by atoms with E-state index in [-0.39, 0.29) is 18.8 Å². The van der Waals surface area contributed by atoms with Gasteiger partial charge in [0.15, 0.2) is 11.6 Å². The van der Waals surface area contributed by atoms with Crippen molar-refractivity contribution in [3.8, 4) is 5.75 Å². The first-order valence-corrected chi connectivity index (χ1v) is 5.62. The van der Waals surface area contributed by atoms with Crippen LogP contribution in [0, 0.1) is 11.7 Å². The Bertz CT molecular complexity index is 459. The molecule has 1 fully saturated rings. The van der Waals surface area contributed by atoms with Gasteiger partial charge in [-0.3, -0.25) is 0 Å². The van der Waals surface area contributed by atoms with Crippen LogP contribution in [-0.2, 0) is 0 Å². The van der Waals surface area contributed by atoms with Gasteiger partial charge in [-0.2, -0.15) is 0 Å². The molecule has 0 N–H and O–H groups in total. The highest BCUT2D eigenvalue weighted by Crippen LogP contribution is 2.48. The van der Waals surface area contributed by atoms with Crippen molar-refractivity contribution in [2.45, 2.75) is 19.3 Å². The molecule has 0 spiro atoms. The highest BCUT2D eigenvalue weighted by molar-refractivity contribution is 7.80. The molecule has 17 heavy (non-hydrogen) atoms.